The van der Waals surface area contributed by atoms with Crippen LogP contribution in [-0.2, 0) is 0 Å². The lowest BCUT2D eigenvalue weighted by Gasteiger charge is -2.03. The molecule has 1 aromatic heterocycles. The van der Waals surface area contributed by atoms with Crippen LogP contribution in [0.25, 0.3) is 16.6 Å². The SMILES string of the molecule is O=C(O)c1c2ccc(Br)cc2nn1-c1ccccc1. The van der Waals surface area contributed by atoms with Gasteiger partial charge in [0.2, 0.25) is 0 Å². The van der Waals surface area contributed by atoms with Gasteiger partial charge in [-0.15, -0.1) is 0 Å². The van der Waals surface area contributed by atoms with E-state index in [1.165, 1.54) is 4.68 Å². The smallest absolute Gasteiger partial charge is 0.355 e. The number of benzene rings is 2. The van der Waals surface area contributed by atoms with Gasteiger partial charge in [0.25, 0.3) is 0 Å². The van der Waals surface area contributed by atoms with Crippen LogP contribution in [0.2, 0.25) is 0 Å². The lowest BCUT2D eigenvalue weighted by molar-refractivity contribution is 0.0689. The van der Waals surface area contributed by atoms with Crippen molar-refractivity contribution in [3.8, 4) is 5.69 Å². The average Bonchev–Trinajstić information content (AvgIpc) is 2.78. The molecule has 0 amide bonds. The molecule has 0 atom stereocenters. The number of hydrogen-bond acceptors (Lipinski definition) is 2. The van der Waals surface area contributed by atoms with Gasteiger partial charge in [-0.2, -0.15) is 5.10 Å². The molecular weight excluding hydrogens is 308 g/mol. The number of fused-ring (bicyclic) bond motifs is 1. The van der Waals surface area contributed by atoms with Gasteiger partial charge in [0.1, 0.15) is 0 Å². The Morgan fingerprint density at radius 1 is 1.16 bits per heavy atom. The maximum Gasteiger partial charge on any atom is 0.355 e. The first-order valence-corrected chi connectivity index (χ1v) is 6.43. The van der Waals surface area contributed by atoms with Gasteiger partial charge in [0, 0.05) is 9.86 Å². The number of rotatable bonds is 2. The highest BCUT2D eigenvalue weighted by molar-refractivity contribution is 9.10. The quantitative estimate of drug-likeness (QED) is 0.787. The lowest BCUT2D eigenvalue weighted by atomic mass is 10.2. The van der Waals surface area contributed by atoms with Crippen LogP contribution in [0.4, 0.5) is 0 Å². The molecule has 0 saturated heterocycles. The van der Waals surface area contributed by atoms with Crippen LogP contribution in [-0.4, -0.2) is 20.9 Å². The van der Waals surface area contributed by atoms with Crippen LogP contribution in [0.5, 0.6) is 0 Å². The highest BCUT2D eigenvalue weighted by Gasteiger charge is 2.18. The van der Waals surface area contributed by atoms with E-state index < -0.39 is 5.97 Å². The molecule has 3 aromatic rings. The maximum absolute atomic E-state index is 11.5. The molecule has 0 fully saturated rings. The number of para-hydroxylation sites is 1. The van der Waals surface area contributed by atoms with Crippen molar-refractivity contribution in [1.82, 2.24) is 9.78 Å². The van der Waals surface area contributed by atoms with E-state index in [-0.39, 0.29) is 5.69 Å². The zero-order chi connectivity index (χ0) is 13.4. The maximum atomic E-state index is 11.5. The molecule has 1 heterocycles. The van der Waals surface area contributed by atoms with Crippen molar-refractivity contribution in [2.45, 2.75) is 0 Å². The first-order chi connectivity index (χ1) is 9.16. The molecule has 0 radical (unpaired) electrons. The third kappa shape index (κ3) is 2.02. The van der Waals surface area contributed by atoms with E-state index in [0.29, 0.717) is 10.9 Å². The Morgan fingerprint density at radius 3 is 2.58 bits per heavy atom. The zero-order valence-corrected chi connectivity index (χ0v) is 11.3. The molecule has 5 heteroatoms. The second kappa shape index (κ2) is 4.51. The summed E-state index contributed by atoms with van der Waals surface area (Å²) < 4.78 is 2.33. The monoisotopic (exact) mass is 316 g/mol. The Labute approximate surface area is 117 Å². The van der Waals surface area contributed by atoms with E-state index in [1.807, 2.05) is 36.4 Å². The largest absolute Gasteiger partial charge is 0.476 e. The molecule has 0 spiro atoms. The normalized spacial score (nSPS) is 10.8. The van der Waals surface area contributed by atoms with Crippen molar-refractivity contribution >= 4 is 32.8 Å². The van der Waals surface area contributed by atoms with Crippen LogP contribution in [0.1, 0.15) is 10.5 Å². The lowest BCUT2D eigenvalue weighted by Crippen LogP contribution is -2.07. The van der Waals surface area contributed by atoms with Gasteiger partial charge in [-0.05, 0) is 30.3 Å². The van der Waals surface area contributed by atoms with Gasteiger partial charge in [-0.3, -0.25) is 0 Å². The van der Waals surface area contributed by atoms with Crippen LogP contribution < -0.4 is 0 Å². The summed E-state index contributed by atoms with van der Waals surface area (Å²) in [6.07, 6.45) is 0. The molecule has 2 aromatic carbocycles. The summed E-state index contributed by atoms with van der Waals surface area (Å²) >= 11 is 3.36. The van der Waals surface area contributed by atoms with E-state index in [2.05, 4.69) is 21.0 Å². The van der Waals surface area contributed by atoms with Crippen LogP contribution >= 0.6 is 15.9 Å². The van der Waals surface area contributed by atoms with Gasteiger partial charge in [0.05, 0.1) is 11.2 Å². The van der Waals surface area contributed by atoms with Crippen molar-refractivity contribution in [2.24, 2.45) is 0 Å². The van der Waals surface area contributed by atoms with Gasteiger partial charge >= 0.3 is 5.97 Å². The number of aromatic nitrogens is 2. The Balaban J connectivity index is 2.35. The van der Waals surface area contributed by atoms with Gasteiger partial charge < -0.3 is 5.11 Å². The second-order valence-electron chi connectivity index (χ2n) is 4.06. The van der Waals surface area contributed by atoms with Crippen molar-refractivity contribution in [1.29, 1.82) is 0 Å². The molecule has 0 aliphatic rings. The Kier molecular flexibility index (Phi) is 2.83. The van der Waals surface area contributed by atoms with Crippen molar-refractivity contribution in [3.05, 3.63) is 58.7 Å². The van der Waals surface area contributed by atoms with Crippen molar-refractivity contribution < 1.29 is 9.90 Å². The predicted molar refractivity (Wildman–Crippen MR) is 75.7 cm³/mol. The fraction of sp³-hybridized carbons (Fsp3) is 0. The second-order valence-corrected chi connectivity index (χ2v) is 4.98. The van der Waals surface area contributed by atoms with E-state index in [4.69, 9.17) is 0 Å². The molecule has 0 aliphatic heterocycles. The average molecular weight is 317 g/mol. The summed E-state index contributed by atoms with van der Waals surface area (Å²) in [7, 11) is 0. The van der Waals surface area contributed by atoms with Crippen molar-refractivity contribution in [3.63, 3.8) is 0 Å². The molecule has 1 N–H and O–H groups in total. The fourth-order valence-corrected chi connectivity index (χ4v) is 2.37. The molecule has 0 saturated carbocycles. The highest BCUT2D eigenvalue weighted by atomic mass is 79.9. The van der Waals surface area contributed by atoms with Crippen LogP contribution in [0, 0.1) is 0 Å². The number of carbonyl (C=O) groups is 1. The highest BCUT2D eigenvalue weighted by Crippen LogP contribution is 2.24. The van der Waals surface area contributed by atoms with E-state index in [0.717, 1.165) is 10.2 Å². The Bertz CT molecular complexity index is 766. The molecule has 4 nitrogen and oxygen atoms in total. The van der Waals surface area contributed by atoms with Gasteiger partial charge in [-0.25, -0.2) is 9.48 Å². The molecule has 0 unspecified atom stereocenters. The summed E-state index contributed by atoms with van der Waals surface area (Å²) in [5, 5.41) is 14.4. The van der Waals surface area contributed by atoms with Crippen molar-refractivity contribution in [2.75, 3.05) is 0 Å². The summed E-state index contributed by atoms with van der Waals surface area (Å²) in [5.41, 5.74) is 1.55. The van der Waals surface area contributed by atoms with Crippen LogP contribution in [0.15, 0.2) is 53.0 Å². The minimum atomic E-state index is -0.992. The van der Waals surface area contributed by atoms with E-state index in [9.17, 15) is 9.90 Å². The van der Waals surface area contributed by atoms with Crippen LogP contribution in [0.3, 0.4) is 0 Å². The first-order valence-electron chi connectivity index (χ1n) is 5.64. The number of hydrogen-bond donors (Lipinski definition) is 1. The third-order valence-corrected chi connectivity index (χ3v) is 3.33. The minimum Gasteiger partial charge on any atom is -0.476 e. The number of carboxylic acids is 1. The Morgan fingerprint density at radius 2 is 1.89 bits per heavy atom. The first kappa shape index (κ1) is 11.9. The molecule has 94 valence electrons. The molecule has 19 heavy (non-hydrogen) atoms. The number of aromatic carboxylic acids is 1. The summed E-state index contributed by atoms with van der Waals surface area (Å²) in [6.45, 7) is 0. The summed E-state index contributed by atoms with van der Waals surface area (Å²) in [4.78, 5) is 11.5. The zero-order valence-electron chi connectivity index (χ0n) is 9.75. The minimum absolute atomic E-state index is 0.175. The topological polar surface area (TPSA) is 55.1 Å². The molecule has 3 rings (SSSR count). The van der Waals surface area contributed by atoms with Gasteiger partial charge in [-0.1, -0.05) is 34.1 Å². The van der Waals surface area contributed by atoms with E-state index in [1.54, 1.807) is 12.1 Å². The molecule has 0 bridgehead atoms. The standard InChI is InChI=1S/C14H9BrN2O2/c15-9-6-7-11-12(8-9)16-17(13(11)14(18)19)10-4-2-1-3-5-10/h1-8H,(H,18,19). The summed E-state index contributed by atoms with van der Waals surface area (Å²) in [6, 6.07) is 14.6. The number of carboxylic acid groups (broad SMARTS) is 1. The van der Waals surface area contributed by atoms with Gasteiger partial charge in [0.15, 0.2) is 5.69 Å². The fourth-order valence-electron chi connectivity index (χ4n) is 2.02. The molecule has 0 aliphatic carbocycles. The number of halogens is 1. The molecular formula is C14H9BrN2O2. The Hall–Kier alpha value is -2.14. The number of nitrogens with zero attached hydrogens (tertiary/aromatic N) is 2. The third-order valence-electron chi connectivity index (χ3n) is 2.84. The summed E-state index contributed by atoms with van der Waals surface area (Å²) in [5.74, 6) is -0.992. The predicted octanol–water partition coefficient (Wildman–Crippen LogP) is 3.49. The van der Waals surface area contributed by atoms with E-state index >= 15 is 0 Å².